The summed E-state index contributed by atoms with van der Waals surface area (Å²) in [4.78, 5) is 4.63. The Hall–Kier alpha value is -9.12. The SMILES string of the molecule is [2H]c1c([2H])c([2H])c2c(c1[2H])c1c([2H])c([2H])c([2H])c([2H])c1n2-c1cc2c3c(c1)N(c1ccccc1-c1ccccc1)c1ccc(-c4ccccc4)cc1B3c1cc(-c3ccccc3)ccc1N2c1ccccc1-c1ccccc1. The fourth-order valence-electron chi connectivity index (χ4n) is 11.0. The quantitative estimate of drug-likeness (QED) is 0.148. The summed E-state index contributed by atoms with van der Waals surface area (Å²) in [6, 6.07) is 72.3. The van der Waals surface area contributed by atoms with Crippen molar-refractivity contribution >= 4 is 79.0 Å². The molecule has 2 aliphatic rings. The first-order valence-corrected chi connectivity index (χ1v) is 23.6. The van der Waals surface area contributed by atoms with Gasteiger partial charge in [-0.1, -0.05) is 218 Å². The van der Waals surface area contributed by atoms with Crippen LogP contribution in [0.4, 0.5) is 34.1 Å². The summed E-state index contributed by atoms with van der Waals surface area (Å²) in [7, 11) is 0. The Bertz CT molecular complexity index is 4160. The Balaban J connectivity index is 1.19. The Labute approximate surface area is 419 Å². The summed E-state index contributed by atoms with van der Waals surface area (Å²) >= 11 is 0. The van der Waals surface area contributed by atoms with Crippen molar-refractivity contribution in [1.29, 1.82) is 0 Å². The number of hydrogen-bond donors (Lipinski definition) is 0. The number of anilines is 6. The maximum atomic E-state index is 9.65. The molecule has 0 saturated heterocycles. The van der Waals surface area contributed by atoms with Crippen LogP contribution in [0.1, 0.15) is 11.0 Å². The van der Waals surface area contributed by atoms with E-state index in [1.165, 1.54) is 0 Å². The van der Waals surface area contributed by atoms with Gasteiger partial charge in [0.15, 0.2) is 0 Å². The van der Waals surface area contributed by atoms with Gasteiger partial charge in [-0.25, -0.2) is 0 Å². The number of para-hydroxylation sites is 4. The van der Waals surface area contributed by atoms with Crippen LogP contribution in [-0.4, -0.2) is 11.3 Å². The van der Waals surface area contributed by atoms with Crippen molar-refractivity contribution in [1.82, 2.24) is 4.57 Å². The monoisotopic (exact) mass is 897 g/mol. The summed E-state index contributed by atoms with van der Waals surface area (Å²) in [6.07, 6.45) is 0. The molecule has 0 fully saturated rings. The highest BCUT2D eigenvalue weighted by Crippen LogP contribution is 2.50. The van der Waals surface area contributed by atoms with Crippen LogP contribution in [0.25, 0.3) is 72.0 Å². The topological polar surface area (TPSA) is 11.4 Å². The fraction of sp³-hybridized carbons (Fsp3) is 0. The number of hydrogen-bond acceptors (Lipinski definition) is 2. The molecule has 4 heteroatoms. The second-order valence-corrected chi connectivity index (χ2v) is 17.8. The second kappa shape index (κ2) is 16.3. The molecule has 0 N–H and O–H groups in total. The van der Waals surface area contributed by atoms with Gasteiger partial charge in [0, 0.05) is 44.6 Å². The summed E-state index contributed by atoms with van der Waals surface area (Å²) in [5.41, 5.74) is 17.1. The van der Waals surface area contributed by atoms with Gasteiger partial charge in [0.1, 0.15) is 0 Å². The molecule has 0 amide bonds. The molecule has 70 heavy (non-hydrogen) atoms. The first-order valence-electron chi connectivity index (χ1n) is 27.6. The standard InChI is InChI=1S/C66H44BN3/c1-5-21-45(22-6-1)49-37-39-62-56(41-49)67-57-42-50(46-23-7-2-8-24-46)38-40-63(57)70(59-34-18-14-30-53(59)48-27-11-4-12-28-48)65-44-51(68-60-35-19-15-31-54(60)55-32-16-20-36-61(55)68)43-64(66(65)67)69(62)58-33-17-13-29-52(58)47-25-9-3-10-26-47/h1-44H/i15D,16D,19D,20D,31D,32D,35D,36D. The fourth-order valence-corrected chi connectivity index (χ4v) is 11.0. The van der Waals surface area contributed by atoms with E-state index in [1.807, 2.05) is 72.8 Å². The van der Waals surface area contributed by atoms with Gasteiger partial charge >= 0.3 is 0 Å². The number of fused-ring (bicyclic) bond motifs is 7. The Morgan fingerprint density at radius 2 is 0.700 bits per heavy atom. The van der Waals surface area contributed by atoms with E-state index in [2.05, 4.69) is 155 Å². The van der Waals surface area contributed by atoms with Crippen molar-refractivity contribution in [2.75, 3.05) is 9.80 Å². The van der Waals surface area contributed by atoms with Crippen LogP contribution < -0.4 is 26.2 Å². The van der Waals surface area contributed by atoms with Gasteiger partial charge in [-0.05, 0) is 98.3 Å². The van der Waals surface area contributed by atoms with Crippen molar-refractivity contribution in [3.8, 4) is 50.2 Å². The van der Waals surface area contributed by atoms with Gasteiger partial charge in [-0.2, -0.15) is 0 Å². The molecule has 0 radical (unpaired) electrons. The highest BCUT2D eigenvalue weighted by molar-refractivity contribution is 7.00. The number of aromatic nitrogens is 1. The molecular weight excluding hydrogens is 846 g/mol. The summed E-state index contributed by atoms with van der Waals surface area (Å²) in [5, 5.41) is 0.0322. The number of rotatable bonds is 7. The average Bonchev–Trinajstić information content (AvgIpc) is 3.95. The normalized spacial score (nSPS) is 14.1. The largest absolute Gasteiger partial charge is 0.311 e. The van der Waals surface area contributed by atoms with E-state index in [9.17, 15) is 5.48 Å². The molecule has 1 aromatic heterocycles. The maximum absolute atomic E-state index is 9.65. The molecular formula is C66H44BN3. The van der Waals surface area contributed by atoms with E-state index >= 15 is 0 Å². The van der Waals surface area contributed by atoms with Crippen LogP contribution in [-0.2, 0) is 0 Å². The average molecular weight is 898 g/mol. The summed E-state index contributed by atoms with van der Waals surface area (Å²) in [5.74, 6) is 0. The van der Waals surface area contributed by atoms with Gasteiger partial charge in [0.2, 0.25) is 0 Å². The molecule has 11 aromatic carbocycles. The lowest BCUT2D eigenvalue weighted by atomic mass is 9.33. The number of benzene rings is 11. The molecule has 326 valence electrons. The molecule has 3 nitrogen and oxygen atoms in total. The summed E-state index contributed by atoms with van der Waals surface area (Å²) < 4.78 is 75.7. The second-order valence-electron chi connectivity index (χ2n) is 17.8. The highest BCUT2D eigenvalue weighted by Gasteiger charge is 2.45. The maximum Gasteiger partial charge on any atom is 0.252 e. The molecule has 0 bridgehead atoms. The van der Waals surface area contributed by atoms with E-state index in [4.69, 9.17) is 5.48 Å². The third kappa shape index (κ3) is 6.31. The first kappa shape index (κ1) is 32.6. The van der Waals surface area contributed by atoms with Crippen LogP contribution >= 0.6 is 0 Å². The van der Waals surface area contributed by atoms with Gasteiger partial charge in [0.25, 0.3) is 6.71 Å². The minimum Gasteiger partial charge on any atom is -0.311 e. The van der Waals surface area contributed by atoms with Crippen molar-refractivity contribution in [2.24, 2.45) is 0 Å². The lowest BCUT2D eigenvalue weighted by molar-refractivity contribution is 1.16. The van der Waals surface area contributed by atoms with Gasteiger partial charge in [-0.3, -0.25) is 0 Å². The third-order valence-corrected chi connectivity index (χ3v) is 14.0. The van der Waals surface area contributed by atoms with Gasteiger partial charge in [0.05, 0.1) is 39.1 Å². The molecule has 3 heterocycles. The van der Waals surface area contributed by atoms with Crippen molar-refractivity contribution < 1.29 is 11.0 Å². The zero-order valence-electron chi connectivity index (χ0n) is 45.7. The zero-order chi connectivity index (χ0) is 53.1. The Morgan fingerprint density at radius 3 is 1.14 bits per heavy atom. The van der Waals surface area contributed by atoms with E-state index in [0.717, 1.165) is 95.0 Å². The van der Waals surface area contributed by atoms with Crippen LogP contribution in [0.15, 0.2) is 267 Å². The van der Waals surface area contributed by atoms with Crippen LogP contribution in [0, 0.1) is 0 Å². The predicted molar refractivity (Wildman–Crippen MR) is 297 cm³/mol. The number of nitrogens with zero attached hydrogens (tertiary/aromatic N) is 3. The van der Waals surface area contributed by atoms with E-state index in [-0.39, 0.29) is 52.7 Å². The molecule has 0 unspecified atom stereocenters. The van der Waals surface area contributed by atoms with Gasteiger partial charge < -0.3 is 14.4 Å². The van der Waals surface area contributed by atoms with Gasteiger partial charge in [-0.15, -0.1) is 0 Å². The molecule has 0 atom stereocenters. The lowest BCUT2D eigenvalue weighted by Crippen LogP contribution is -2.61. The first-order chi connectivity index (χ1) is 38.1. The molecule has 2 aliphatic heterocycles. The highest BCUT2D eigenvalue weighted by atomic mass is 15.2. The molecule has 14 rings (SSSR count). The molecule has 0 saturated carbocycles. The minimum atomic E-state index is -0.493. The van der Waals surface area contributed by atoms with E-state index in [0.29, 0.717) is 5.69 Å². The van der Waals surface area contributed by atoms with Crippen molar-refractivity contribution in [2.45, 2.75) is 0 Å². The molecule has 0 aliphatic carbocycles. The van der Waals surface area contributed by atoms with E-state index < -0.39 is 24.2 Å². The Morgan fingerprint density at radius 1 is 0.314 bits per heavy atom. The van der Waals surface area contributed by atoms with Crippen molar-refractivity contribution in [3.05, 3.63) is 267 Å². The smallest absolute Gasteiger partial charge is 0.252 e. The zero-order valence-corrected chi connectivity index (χ0v) is 37.7. The predicted octanol–water partition coefficient (Wildman–Crippen LogP) is 15.5. The van der Waals surface area contributed by atoms with Crippen LogP contribution in [0.3, 0.4) is 0 Å². The third-order valence-electron chi connectivity index (χ3n) is 14.0. The van der Waals surface area contributed by atoms with E-state index in [1.54, 1.807) is 4.57 Å². The Kier molecular flexibility index (Phi) is 7.58. The minimum absolute atomic E-state index is 0.0161. The summed E-state index contributed by atoms with van der Waals surface area (Å²) in [6.45, 7) is -0.380. The van der Waals surface area contributed by atoms with Crippen LogP contribution in [0.5, 0.6) is 0 Å². The molecule has 12 aromatic rings. The molecule has 0 spiro atoms. The van der Waals surface area contributed by atoms with Crippen molar-refractivity contribution in [3.63, 3.8) is 0 Å². The van der Waals surface area contributed by atoms with Crippen LogP contribution in [0.2, 0.25) is 0 Å². The lowest BCUT2D eigenvalue weighted by Gasteiger charge is -2.45.